The van der Waals surface area contributed by atoms with Crippen molar-refractivity contribution in [3.63, 3.8) is 0 Å². The van der Waals surface area contributed by atoms with E-state index in [-0.39, 0.29) is 21.4 Å². The Hall–Kier alpha value is -2.67. The van der Waals surface area contributed by atoms with Crippen LogP contribution in [0.3, 0.4) is 0 Å². The van der Waals surface area contributed by atoms with Crippen LogP contribution >= 0.6 is 11.6 Å². The predicted molar refractivity (Wildman–Crippen MR) is 69.5 cm³/mol. The summed E-state index contributed by atoms with van der Waals surface area (Å²) < 4.78 is 0. The minimum atomic E-state index is -1.47. The summed E-state index contributed by atoms with van der Waals surface area (Å²) in [5.74, 6) is -2.81. The van der Waals surface area contributed by atoms with Crippen molar-refractivity contribution < 1.29 is 24.7 Å². The molecule has 0 saturated carbocycles. The minimum Gasteiger partial charge on any atom is -0.478 e. The zero-order chi connectivity index (χ0) is 15.0. The zero-order valence-electron chi connectivity index (χ0n) is 9.66. The third kappa shape index (κ3) is 2.14. The molecule has 0 radical (unpaired) electrons. The fourth-order valence-corrected chi connectivity index (χ4v) is 2.10. The van der Waals surface area contributed by atoms with Gasteiger partial charge in [0.05, 0.1) is 16.1 Å². The maximum Gasteiger partial charge on any atom is 0.336 e. The Kier molecular flexibility index (Phi) is 3.29. The number of halogens is 1. The maximum atomic E-state index is 11.2. The van der Waals surface area contributed by atoms with Crippen LogP contribution in [0.15, 0.2) is 24.3 Å². The van der Waals surface area contributed by atoms with E-state index < -0.39 is 28.1 Å². The molecule has 8 heteroatoms. The van der Waals surface area contributed by atoms with Crippen molar-refractivity contribution in [2.45, 2.75) is 0 Å². The number of nitro groups is 1. The van der Waals surface area contributed by atoms with Crippen molar-refractivity contribution >= 4 is 40.0 Å². The average molecular weight is 296 g/mol. The van der Waals surface area contributed by atoms with E-state index in [0.717, 1.165) is 18.2 Å². The number of fused-ring (bicyclic) bond motifs is 1. The molecule has 2 aromatic carbocycles. The summed E-state index contributed by atoms with van der Waals surface area (Å²) in [6, 6.07) is 4.28. The summed E-state index contributed by atoms with van der Waals surface area (Å²) in [6.45, 7) is 0. The summed E-state index contributed by atoms with van der Waals surface area (Å²) >= 11 is 5.88. The monoisotopic (exact) mass is 295 g/mol. The van der Waals surface area contributed by atoms with Gasteiger partial charge in [-0.15, -0.1) is 0 Å². The highest BCUT2D eigenvalue weighted by atomic mass is 35.5. The fourth-order valence-electron chi connectivity index (χ4n) is 1.89. The van der Waals surface area contributed by atoms with E-state index >= 15 is 0 Å². The first-order valence-electron chi connectivity index (χ1n) is 5.20. The molecule has 2 N–H and O–H groups in total. The molecule has 0 aliphatic carbocycles. The zero-order valence-corrected chi connectivity index (χ0v) is 10.4. The van der Waals surface area contributed by atoms with Gasteiger partial charge in [0.1, 0.15) is 0 Å². The molecule has 20 heavy (non-hydrogen) atoms. The lowest BCUT2D eigenvalue weighted by molar-refractivity contribution is -0.384. The third-order valence-corrected chi connectivity index (χ3v) is 3.05. The molecular formula is C12H6ClNO6. The molecule has 0 bridgehead atoms. The van der Waals surface area contributed by atoms with Gasteiger partial charge in [-0.2, -0.15) is 0 Å². The van der Waals surface area contributed by atoms with Crippen LogP contribution in [0.25, 0.3) is 10.8 Å². The van der Waals surface area contributed by atoms with Gasteiger partial charge in [0.25, 0.3) is 5.69 Å². The molecule has 0 amide bonds. The van der Waals surface area contributed by atoms with E-state index in [1.807, 2.05) is 0 Å². The Morgan fingerprint density at radius 2 is 1.70 bits per heavy atom. The highest BCUT2D eigenvalue weighted by Gasteiger charge is 2.22. The first-order chi connectivity index (χ1) is 9.32. The predicted octanol–water partition coefficient (Wildman–Crippen LogP) is 2.80. The number of hydrogen-bond donors (Lipinski definition) is 2. The van der Waals surface area contributed by atoms with Gasteiger partial charge in [0, 0.05) is 27.9 Å². The van der Waals surface area contributed by atoms with Crippen LogP contribution in [0.1, 0.15) is 20.7 Å². The lowest BCUT2D eigenvalue weighted by Gasteiger charge is -2.08. The molecule has 102 valence electrons. The quantitative estimate of drug-likeness (QED) is 0.664. The summed E-state index contributed by atoms with van der Waals surface area (Å²) in [5.41, 5.74) is -1.23. The first-order valence-corrected chi connectivity index (χ1v) is 5.58. The van der Waals surface area contributed by atoms with E-state index in [2.05, 4.69) is 0 Å². The van der Waals surface area contributed by atoms with Crippen LogP contribution in [-0.2, 0) is 0 Å². The lowest BCUT2D eigenvalue weighted by atomic mass is 9.98. The van der Waals surface area contributed by atoms with Gasteiger partial charge in [-0.1, -0.05) is 11.6 Å². The molecule has 0 heterocycles. The molecule has 2 aromatic rings. The van der Waals surface area contributed by atoms with Crippen molar-refractivity contribution in [1.82, 2.24) is 0 Å². The van der Waals surface area contributed by atoms with Crippen LogP contribution in [0.4, 0.5) is 5.69 Å². The number of carboxylic acids is 2. The highest BCUT2D eigenvalue weighted by molar-refractivity contribution is 6.36. The minimum absolute atomic E-state index is 0.0122. The van der Waals surface area contributed by atoms with Crippen molar-refractivity contribution in [2.75, 3.05) is 0 Å². The molecule has 0 aromatic heterocycles. The third-order valence-electron chi connectivity index (χ3n) is 2.72. The Bertz CT molecular complexity index is 770. The Labute approximate surface area is 116 Å². The SMILES string of the molecule is O=C(O)c1ccc(Cl)c2cc([N+](=O)[O-])cc(C(=O)O)c12. The van der Waals surface area contributed by atoms with E-state index in [0.29, 0.717) is 0 Å². The number of non-ortho nitro benzene ring substituents is 1. The second-order valence-corrected chi connectivity index (χ2v) is 4.29. The van der Waals surface area contributed by atoms with Crippen LogP contribution < -0.4 is 0 Å². The summed E-state index contributed by atoms with van der Waals surface area (Å²) in [6.07, 6.45) is 0. The number of nitrogens with zero attached hydrogens (tertiary/aromatic N) is 1. The smallest absolute Gasteiger partial charge is 0.336 e. The van der Waals surface area contributed by atoms with Gasteiger partial charge >= 0.3 is 11.9 Å². The fraction of sp³-hybridized carbons (Fsp3) is 0. The van der Waals surface area contributed by atoms with E-state index in [4.69, 9.17) is 21.8 Å². The molecule has 0 saturated heterocycles. The second kappa shape index (κ2) is 4.78. The molecular weight excluding hydrogens is 290 g/mol. The number of nitro benzene ring substituents is 1. The summed E-state index contributed by atoms with van der Waals surface area (Å²) in [7, 11) is 0. The van der Waals surface area contributed by atoms with Crippen molar-refractivity contribution in [3.8, 4) is 0 Å². The first kappa shape index (κ1) is 13.8. The molecule has 7 nitrogen and oxygen atoms in total. The van der Waals surface area contributed by atoms with E-state index in [1.54, 1.807) is 0 Å². The number of rotatable bonds is 3. The van der Waals surface area contributed by atoms with Gasteiger partial charge in [-0.05, 0) is 12.1 Å². The standard InChI is InChI=1S/C12H6ClNO6/c13-9-2-1-6(11(15)16)10-7(9)3-5(14(19)20)4-8(10)12(17)18/h1-4H,(H,15,16)(H,17,18). The van der Waals surface area contributed by atoms with Crippen LogP contribution in [-0.4, -0.2) is 27.1 Å². The van der Waals surface area contributed by atoms with Crippen molar-refractivity contribution in [3.05, 3.63) is 50.5 Å². The Balaban J connectivity index is 3.03. The summed E-state index contributed by atoms with van der Waals surface area (Å²) in [4.78, 5) is 32.4. The normalized spacial score (nSPS) is 10.4. The molecule has 0 aliphatic rings. The highest BCUT2D eigenvalue weighted by Crippen LogP contribution is 2.33. The second-order valence-electron chi connectivity index (χ2n) is 3.88. The average Bonchev–Trinajstić information content (AvgIpc) is 2.37. The molecule has 0 atom stereocenters. The van der Waals surface area contributed by atoms with Crippen molar-refractivity contribution in [2.24, 2.45) is 0 Å². The van der Waals surface area contributed by atoms with Crippen LogP contribution in [0.2, 0.25) is 5.02 Å². The molecule has 0 spiro atoms. The Morgan fingerprint density at radius 1 is 1.10 bits per heavy atom. The van der Waals surface area contributed by atoms with Crippen molar-refractivity contribution in [1.29, 1.82) is 0 Å². The number of aromatic carboxylic acids is 2. The van der Waals surface area contributed by atoms with Gasteiger partial charge in [0.15, 0.2) is 0 Å². The van der Waals surface area contributed by atoms with Gasteiger partial charge in [-0.3, -0.25) is 10.1 Å². The Morgan fingerprint density at radius 3 is 2.20 bits per heavy atom. The maximum absolute atomic E-state index is 11.2. The topological polar surface area (TPSA) is 118 Å². The molecule has 0 fully saturated rings. The molecule has 0 unspecified atom stereocenters. The molecule has 0 aliphatic heterocycles. The summed E-state index contributed by atoms with van der Waals surface area (Å²) in [5, 5.41) is 28.9. The van der Waals surface area contributed by atoms with E-state index in [1.165, 1.54) is 6.07 Å². The number of carbonyl (C=O) groups is 2. The number of benzene rings is 2. The lowest BCUT2D eigenvalue weighted by Crippen LogP contribution is -2.05. The van der Waals surface area contributed by atoms with Crippen LogP contribution in [0.5, 0.6) is 0 Å². The van der Waals surface area contributed by atoms with Gasteiger partial charge in [-0.25, -0.2) is 9.59 Å². The van der Waals surface area contributed by atoms with Gasteiger partial charge < -0.3 is 10.2 Å². The van der Waals surface area contributed by atoms with E-state index in [9.17, 15) is 19.7 Å². The molecule has 2 rings (SSSR count). The number of carboxylic acid groups (broad SMARTS) is 2. The van der Waals surface area contributed by atoms with Gasteiger partial charge in [0.2, 0.25) is 0 Å². The largest absolute Gasteiger partial charge is 0.478 e. The number of hydrogen-bond acceptors (Lipinski definition) is 4. The van der Waals surface area contributed by atoms with Crippen LogP contribution in [0, 0.1) is 10.1 Å².